The fourth-order valence-electron chi connectivity index (χ4n) is 1.85. The predicted molar refractivity (Wildman–Crippen MR) is 82.9 cm³/mol. The van der Waals surface area contributed by atoms with Crippen molar-refractivity contribution in [3.05, 3.63) is 57.7 Å². The number of fused-ring (bicyclic) bond motifs is 1. The third-order valence-electron chi connectivity index (χ3n) is 2.75. The lowest BCUT2D eigenvalue weighted by molar-refractivity contribution is 0.598. The second-order valence-corrected chi connectivity index (χ2v) is 6.86. The monoisotopic (exact) mass is 384 g/mol. The summed E-state index contributed by atoms with van der Waals surface area (Å²) in [5, 5.41) is 3.06. The van der Waals surface area contributed by atoms with Gasteiger partial charge >= 0.3 is 0 Å². The summed E-state index contributed by atoms with van der Waals surface area (Å²) in [4.78, 5) is 0.212. The molecule has 0 saturated heterocycles. The van der Waals surface area contributed by atoms with E-state index in [0.717, 1.165) is 9.13 Å². The molecule has 1 aliphatic rings. The van der Waals surface area contributed by atoms with Crippen LogP contribution >= 0.6 is 22.6 Å². The summed E-state index contributed by atoms with van der Waals surface area (Å²) in [6.45, 7) is 0. The Hall–Kier alpha value is -1.41. The van der Waals surface area contributed by atoms with Crippen molar-refractivity contribution in [1.29, 1.82) is 0 Å². The fraction of sp³-hybridized carbons (Fsp3) is 0. The SMILES string of the molecule is O=S1(=O)N=C(c2ccc(I)cc2)Nc2ccccc21. The predicted octanol–water partition coefficient (Wildman–Crippen LogP) is 2.85. The van der Waals surface area contributed by atoms with Gasteiger partial charge in [0.1, 0.15) is 4.90 Å². The lowest BCUT2D eigenvalue weighted by Gasteiger charge is -2.18. The van der Waals surface area contributed by atoms with E-state index in [1.165, 1.54) is 0 Å². The Morgan fingerprint density at radius 1 is 1.00 bits per heavy atom. The van der Waals surface area contributed by atoms with Gasteiger partial charge in [0.15, 0.2) is 5.84 Å². The van der Waals surface area contributed by atoms with E-state index < -0.39 is 10.0 Å². The van der Waals surface area contributed by atoms with E-state index >= 15 is 0 Å². The smallest absolute Gasteiger partial charge is 0.286 e. The average Bonchev–Trinajstić information content (AvgIpc) is 2.39. The average molecular weight is 384 g/mol. The molecule has 1 heterocycles. The minimum Gasteiger partial charge on any atom is -0.338 e. The summed E-state index contributed by atoms with van der Waals surface area (Å²) in [5.74, 6) is 0.357. The molecule has 2 aromatic carbocycles. The first kappa shape index (κ1) is 12.6. The number of nitrogens with one attached hydrogen (secondary N) is 1. The molecule has 3 rings (SSSR count). The number of hydrogen-bond acceptors (Lipinski definition) is 3. The van der Waals surface area contributed by atoms with E-state index in [0.29, 0.717) is 11.5 Å². The first-order chi connectivity index (χ1) is 9.06. The highest BCUT2D eigenvalue weighted by Gasteiger charge is 2.24. The molecule has 0 spiro atoms. The van der Waals surface area contributed by atoms with Gasteiger partial charge in [-0.2, -0.15) is 8.42 Å². The molecule has 0 aliphatic carbocycles. The summed E-state index contributed by atoms with van der Waals surface area (Å²) in [5.41, 5.74) is 1.31. The van der Waals surface area contributed by atoms with Gasteiger partial charge in [-0.3, -0.25) is 0 Å². The van der Waals surface area contributed by atoms with Crippen molar-refractivity contribution >= 4 is 44.1 Å². The first-order valence-corrected chi connectivity index (χ1v) is 8.05. The topological polar surface area (TPSA) is 58.5 Å². The number of para-hydroxylation sites is 1. The summed E-state index contributed by atoms with van der Waals surface area (Å²) < 4.78 is 29.1. The van der Waals surface area contributed by atoms with Gasteiger partial charge in [0.25, 0.3) is 10.0 Å². The van der Waals surface area contributed by atoms with Crippen LogP contribution in [0.15, 0.2) is 57.8 Å². The number of rotatable bonds is 1. The number of anilines is 1. The Morgan fingerprint density at radius 3 is 2.42 bits per heavy atom. The molecule has 2 aromatic rings. The second kappa shape index (κ2) is 4.61. The Kier molecular flexibility index (Phi) is 3.06. The fourth-order valence-corrected chi connectivity index (χ4v) is 3.34. The third-order valence-corrected chi connectivity index (χ3v) is 4.80. The Balaban J connectivity index is 2.12. The van der Waals surface area contributed by atoms with Crippen LogP contribution in [0.3, 0.4) is 0 Å². The lowest BCUT2D eigenvalue weighted by Crippen LogP contribution is -2.22. The van der Waals surface area contributed by atoms with Crippen LogP contribution in [0.25, 0.3) is 0 Å². The van der Waals surface area contributed by atoms with Gasteiger partial charge in [-0.15, -0.1) is 4.40 Å². The number of halogens is 1. The Bertz CT molecular complexity index is 767. The molecule has 6 heteroatoms. The van der Waals surface area contributed by atoms with Gasteiger partial charge in [-0.25, -0.2) is 0 Å². The van der Waals surface area contributed by atoms with Crippen molar-refractivity contribution in [2.24, 2.45) is 4.40 Å². The number of amidine groups is 1. The summed E-state index contributed by atoms with van der Waals surface area (Å²) in [7, 11) is -3.63. The van der Waals surface area contributed by atoms with Crippen LogP contribution in [0.1, 0.15) is 5.56 Å². The van der Waals surface area contributed by atoms with Crippen LogP contribution in [0.2, 0.25) is 0 Å². The lowest BCUT2D eigenvalue weighted by atomic mass is 10.2. The van der Waals surface area contributed by atoms with Crippen molar-refractivity contribution in [1.82, 2.24) is 0 Å². The summed E-state index contributed by atoms with van der Waals surface area (Å²) in [6, 6.07) is 14.3. The number of nitrogens with zero attached hydrogens (tertiary/aromatic N) is 1. The maximum absolute atomic E-state index is 12.1. The highest BCUT2D eigenvalue weighted by atomic mass is 127. The molecular formula is C13H9IN2O2S. The van der Waals surface area contributed by atoms with Crippen molar-refractivity contribution in [2.45, 2.75) is 4.90 Å². The zero-order chi connectivity index (χ0) is 13.5. The maximum atomic E-state index is 12.1. The standard InChI is InChI=1S/C13H9IN2O2S/c14-10-7-5-9(6-8-10)13-15-11-3-1-2-4-12(11)19(17,18)16-13/h1-8H,(H,15,16). The second-order valence-electron chi connectivity index (χ2n) is 4.04. The molecule has 0 amide bonds. The van der Waals surface area contributed by atoms with Crippen molar-refractivity contribution in [3.8, 4) is 0 Å². The largest absolute Gasteiger partial charge is 0.338 e. The number of hydrogen-bond donors (Lipinski definition) is 1. The molecule has 0 aromatic heterocycles. The van der Waals surface area contributed by atoms with E-state index in [4.69, 9.17) is 0 Å². The van der Waals surface area contributed by atoms with Crippen molar-refractivity contribution in [2.75, 3.05) is 5.32 Å². The molecule has 0 bridgehead atoms. The molecule has 0 unspecified atom stereocenters. The molecule has 0 saturated carbocycles. The van der Waals surface area contributed by atoms with Crippen LogP contribution in [0.5, 0.6) is 0 Å². The maximum Gasteiger partial charge on any atom is 0.286 e. The van der Waals surface area contributed by atoms with E-state index in [1.54, 1.807) is 24.3 Å². The summed E-state index contributed by atoms with van der Waals surface area (Å²) >= 11 is 2.20. The van der Waals surface area contributed by atoms with Gasteiger partial charge in [0, 0.05) is 9.13 Å². The minimum absolute atomic E-state index is 0.212. The Labute approximate surface area is 124 Å². The van der Waals surface area contributed by atoms with Crippen molar-refractivity contribution in [3.63, 3.8) is 0 Å². The highest BCUT2D eigenvalue weighted by molar-refractivity contribution is 14.1. The van der Waals surface area contributed by atoms with E-state index in [2.05, 4.69) is 32.3 Å². The van der Waals surface area contributed by atoms with Gasteiger partial charge < -0.3 is 5.32 Å². The molecule has 0 fully saturated rings. The number of sulfonamides is 1. The van der Waals surface area contributed by atoms with E-state index in [9.17, 15) is 8.42 Å². The minimum atomic E-state index is -3.63. The molecule has 96 valence electrons. The zero-order valence-electron chi connectivity index (χ0n) is 9.67. The summed E-state index contributed by atoms with van der Waals surface area (Å²) in [6.07, 6.45) is 0. The quantitative estimate of drug-likeness (QED) is 0.770. The van der Waals surface area contributed by atoms with Gasteiger partial charge in [-0.05, 0) is 46.9 Å². The zero-order valence-corrected chi connectivity index (χ0v) is 12.6. The Morgan fingerprint density at radius 2 is 1.68 bits per heavy atom. The first-order valence-electron chi connectivity index (χ1n) is 5.53. The molecular weight excluding hydrogens is 375 g/mol. The normalized spacial score (nSPS) is 16.2. The van der Waals surface area contributed by atoms with E-state index in [1.807, 2.05) is 24.3 Å². The molecule has 0 atom stereocenters. The third kappa shape index (κ3) is 2.37. The van der Waals surface area contributed by atoms with Gasteiger partial charge in [-0.1, -0.05) is 24.3 Å². The molecule has 1 N–H and O–H groups in total. The highest BCUT2D eigenvalue weighted by Crippen LogP contribution is 2.28. The molecule has 4 nitrogen and oxygen atoms in total. The van der Waals surface area contributed by atoms with Gasteiger partial charge in [0.05, 0.1) is 5.69 Å². The molecule has 19 heavy (non-hydrogen) atoms. The van der Waals surface area contributed by atoms with Crippen LogP contribution in [-0.2, 0) is 10.0 Å². The van der Waals surface area contributed by atoms with E-state index in [-0.39, 0.29) is 4.90 Å². The van der Waals surface area contributed by atoms with Crippen LogP contribution in [-0.4, -0.2) is 14.3 Å². The molecule has 1 aliphatic heterocycles. The van der Waals surface area contributed by atoms with Crippen LogP contribution in [0.4, 0.5) is 5.69 Å². The van der Waals surface area contributed by atoms with Crippen LogP contribution < -0.4 is 5.32 Å². The van der Waals surface area contributed by atoms with Gasteiger partial charge in [0.2, 0.25) is 0 Å². The number of benzene rings is 2. The van der Waals surface area contributed by atoms with Crippen molar-refractivity contribution < 1.29 is 8.42 Å². The van der Waals surface area contributed by atoms with Crippen LogP contribution in [0, 0.1) is 3.57 Å². The molecule has 0 radical (unpaired) electrons.